The van der Waals surface area contributed by atoms with Crippen LogP contribution in [0.15, 0.2) is 47.4 Å². The minimum absolute atomic E-state index is 0.0252. The highest BCUT2D eigenvalue weighted by molar-refractivity contribution is 7.91. The molecule has 2 aromatic carbocycles. The molecule has 108 valence electrons. The van der Waals surface area contributed by atoms with E-state index in [1.807, 2.05) is 6.07 Å². The van der Waals surface area contributed by atoms with Gasteiger partial charge in [0.1, 0.15) is 17.6 Å². The number of nitriles is 1. The van der Waals surface area contributed by atoms with Crippen LogP contribution in [0.3, 0.4) is 0 Å². The summed E-state index contributed by atoms with van der Waals surface area (Å²) in [6.07, 6.45) is 0. The van der Waals surface area contributed by atoms with Crippen LogP contribution in [0, 0.1) is 11.3 Å². The number of hydrogen-bond acceptors (Lipinski definition) is 4. The number of halogens is 1. The zero-order valence-corrected chi connectivity index (χ0v) is 12.8. The van der Waals surface area contributed by atoms with E-state index in [2.05, 4.69) is 0 Å². The zero-order chi connectivity index (χ0) is 15.5. The number of nitrogens with zero attached hydrogens (tertiary/aromatic N) is 1. The lowest BCUT2D eigenvalue weighted by atomic mass is 10.2. The van der Waals surface area contributed by atoms with Crippen molar-refractivity contribution < 1.29 is 13.2 Å². The standard InChI is InChI=1S/C15H12ClNO3S/c1-2-21(18,19)12-7-8-14(11(9-12)10-17)20-15-6-4-3-5-13(15)16/h3-9H,2H2,1H3. The second kappa shape index (κ2) is 6.17. The van der Waals surface area contributed by atoms with Crippen molar-refractivity contribution in [3.05, 3.63) is 53.1 Å². The normalized spacial score (nSPS) is 10.9. The van der Waals surface area contributed by atoms with Crippen LogP contribution in [0.1, 0.15) is 12.5 Å². The van der Waals surface area contributed by atoms with Gasteiger partial charge in [0, 0.05) is 0 Å². The molecular weight excluding hydrogens is 310 g/mol. The number of rotatable bonds is 4. The Morgan fingerprint density at radius 2 is 1.90 bits per heavy atom. The van der Waals surface area contributed by atoms with E-state index >= 15 is 0 Å². The topological polar surface area (TPSA) is 67.2 Å². The molecule has 21 heavy (non-hydrogen) atoms. The highest BCUT2D eigenvalue weighted by atomic mass is 35.5. The fraction of sp³-hybridized carbons (Fsp3) is 0.133. The van der Waals surface area contributed by atoms with Crippen molar-refractivity contribution in [3.8, 4) is 17.6 Å². The highest BCUT2D eigenvalue weighted by Crippen LogP contribution is 2.31. The molecule has 2 rings (SSSR count). The van der Waals surface area contributed by atoms with E-state index in [1.165, 1.54) is 18.2 Å². The van der Waals surface area contributed by atoms with Gasteiger partial charge in [-0.2, -0.15) is 5.26 Å². The summed E-state index contributed by atoms with van der Waals surface area (Å²) in [6, 6.07) is 13.0. The van der Waals surface area contributed by atoms with Crippen LogP contribution in [0.25, 0.3) is 0 Å². The van der Waals surface area contributed by atoms with Gasteiger partial charge in [-0.25, -0.2) is 8.42 Å². The fourth-order valence-electron chi connectivity index (χ4n) is 1.69. The van der Waals surface area contributed by atoms with Gasteiger partial charge in [0.25, 0.3) is 0 Å². The molecule has 0 radical (unpaired) electrons. The fourth-order valence-corrected chi connectivity index (χ4v) is 2.77. The molecule has 0 bridgehead atoms. The van der Waals surface area contributed by atoms with E-state index in [0.717, 1.165) is 0 Å². The van der Waals surface area contributed by atoms with Crippen molar-refractivity contribution in [2.75, 3.05) is 5.75 Å². The average Bonchev–Trinajstić information content (AvgIpc) is 2.49. The molecule has 0 aliphatic heterocycles. The van der Waals surface area contributed by atoms with Crippen LogP contribution >= 0.6 is 11.6 Å². The number of benzene rings is 2. The monoisotopic (exact) mass is 321 g/mol. The number of ether oxygens (including phenoxy) is 1. The van der Waals surface area contributed by atoms with E-state index < -0.39 is 9.84 Å². The third-order valence-corrected chi connectivity index (χ3v) is 4.91. The third kappa shape index (κ3) is 3.35. The first-order valence-electron chi connectivity index (χ1n) is 6.17. The molecular formula is C15H12ClNO3S. The summed E-state index contributed by atoms with van der Waals surface area (Å²) >= 11 is 5.99. The second-order valence-electron chi connectivity index (χ2n) is 4.21. The number of hydrogen-bond donors (Lipinski definition) is 0. The van der Waals surface area contributed by atoms with E-state index in [1.54, 1.807) is 31.2 Å². The third-order valence-electron chi connectivity index (χ3n) is 2.87. The molecule has 0 unspecified atom stereocenters. The summed E-state index contributed by atoms with van der Waals surface area (Å²) in [5.74, 6) is 0.644. The average molecular weight is 322 g/mol. The van der Waals surface area contributed by atoms with Gasteiger partial charge < -0.3 is 4.74 Å². The molecule has 6 heteroatoms. The Balaban J connectivity index is 2.43. The molecule has 0 N–H and O–H groups in total. The van der Waals surface area contributed by atoms with Gasteiger partial charge in [0.15, 0.2) is 9.84 Å². The lowest BCUT2D eigenvalue weighted by Gasteiger charge is -2.10. The lowest BCUT2D eigenvalue weighted by Crippen LogP contribution is -2.04. The van der Waals surface area contributed by atoms with E-state index in [-0.39, 0.29) is 22.0 Å². The first kappa shape index (κ1) is 15.4. The first-order valence-corrected chi connectivity index (χ1v) is 8.20. The largest absolute Gasteiger partial charge is 0.454 e. The van der Waals surface area contributed by atoms with Gasteiger partial charge in [0.2, 0.25) is 0 Å². The van der Waals surface area contributed by atoms with Crippen molar-refractivity contribution in [2.24, 2.45) is 0 Å². The lowest BCUT2D eigenvalue weighted by molar-refractivity contribution is 0.481. The SMILES string of the molecule is CCS(=O)(=O)c1ccc(Oc2ccccc2Cl)c(C#N)c1. The molecule has 2 aromatic rings. The maximum absolute atomic E-state index is 11.8. The molecule has 4 nitrogen and oxygen atoms in total. The van der Waals surface area contributed by atoms with Crippen molar-refractivity contribution in [2.45, 2.75) is 11.8 Å². The van der Waals surface area contributed by atoms with Gasteiger partial charge in [-0.1, -0.05) is 30.7 Å². The Morgan fingerprint density at radius 1 is 1.19 bits per heavy atom. The molecule has 0 aliphatic carbocycles. The predicted octanol–water partition coefficient (Wildman–Crippen LogP) is 3.80. The van der Waals surface area contributed by atoms with Crippen molar-refractivity contribution >= 4 is 21.4 Å². The van der Waals surface area contributed by atoms with E-state index in [9.17, 15) is 13.7 Å². The van der Waals surface area contributed by atoms with Crippen LogP contribution in [-0.2, 0) is 9.84 Å². The van der Waals surface area contributed by atoms with Crippen LogP contribution in [0.4, 0.5) is 0 Å². The first-order chi connectivity index (χ1) is 9.97. The van der Waals surface area contributed by atoms with Crippen LogP contribution in [0.5, 0.6) is 11.5 Å². The van der Waals surface area contributed by atoms with E-state index in [0.29, 0.717) is 10.8 Å². The Morgan fingerprint density at radius 3 is 2.52 bits per heavy atom. The summed E-state index contributed by atoms with van der Waals surface area (Å²) in [4.78, 5) is 0.105. The Hall–Kier alpha value is -2.03. The Bertz CT molecular complexity index is 810. The smallest absolute Gasteiger partial charge is 0.178 e. The molecule has 0 aromatic heterocycles. The van der Waals surface area contributed by atoms with Crippen LogP contribution in [0.2, 0.25) is 5.02 Å². The minimum atomic E-state index is -3.36. The molecule has 0 saturated heterocycles. The summed E-state index contributed by atoms with van der Waals surface area (Å²) in [7, 11) is -3.36. The van der Waals surface area contributed by atoms with Gasteiger partial charge in [0.05, 0.1) is 21.2 Å². The predicted molar refractivity (Wildman–Crippen MR) is 80.4 cm³/mol. The van der Waals surface area contributed by atoms with Crippen molar-refractivity contribution in [3.63, 3.8) is 0 Å². The van der Waals surface area contributed by atoms with Crippen molar-refractivity contribution in [1.82, 2.24) is 0 Å². The Kier molecular flexibility index (Phi) is 4.51. The maximum Gasteiger partial charge on any atom is 0.178 e. The molecule has 0 atom stereocenters. The molecule has 0 amide bonds. The van der Waals surface area contributed by atoms with Gasteiger partial charge in [-0.15, -0.1) is 0 Å². The summed E-state index contributed by atoms with van der Waals surface area (Å²) in [5.41, 5.74) is 0.143. The zero-order valence-electron chi connectivity index (χ0n) is 11.2. The second-order valence-corrected chi connectivity index (χ2v) is 6.89. The summed E-state index contributed by atoms with van der Waals surface area (Å²) in [6.45, 7) is 1.55. The molecule has 0 heterocycles. The molecule has 0 fully saturated rings. The van der Waals surface area contributed by atoms with E-state index in [4.69, 9.17) is 16.3 Å². The maximum atomic E-state index is 11.8. The van der Waals surface area contributed by atoms with Crippen LogP contribution < -0.4 is 4.74 Å². The molecule has 0 saturated carbocycles. The van der Waals surface area contributed by atoms with Gasteiger partial charge >= 0.3 is 0 Å². The minimum Gasteiger partial charge on any atom is -0.454 e. The van der Waals surface area contributed by atoms with Crippen LogP contribution in [-0.4, -0.2) is 14.2 Å². The number of para-hydroxylation sites is 1. The van der Waals surface area contributed by atoms with Crippen molar-refractivity contribution in [1.29, 1.82) is 5.26 Å². The molecule has 0 spiro atoms. The Labute approximate surface area is 128 Å². The quantitative estimate of drug-likeness (QED) is 0.859. The summed E-state index contributed by atoms with van der Waals surface area (Å²) in [5, 5.41) is 9.58. The van der Waals surface area contributed by atoms with Gasteiger partial charge in [-0.05, 0) is 30.3 Å². The van der Waals surface area contributed by atoms with Gasteiger partial charge in [-0.3, -0.25) is 0 Å². The summed E-state index contributed by atoms with van der Waals surface area (Å²) < 4.78 is 29.2. The highest BCUT2D eigenvalue weighted by Gasteiger charge is 2.15. The number of sulfone groups is 1. The molecule has 0 aliphatic rings.